The highest BCUT2D eigenvalue weighted by Crippen LogP contribution is 2.19. The lowest BCUT2D eigenvalue weighted by Crippen LogP contribution is -2.36. The molecule has 96 valence electrons. The van der Waals surface area contributed by atoms with Crippen molar-refractivity contribution in [3.05, 3.63) is 5.89 Å². The Morgan fingerprint density at radius 3 is 2.71 bits per heavy atom. The number of hydrogen-bond donors (Lipinski definition) is 3. The molecule has 17 heavy (non-hydrogen) atoms. The van der Waals surface area contributed by atoms with Crippen molar-refractivity contribution in [1.29, 1.82) is 0 Å². The number of nitrogens with two attached hydrogens (primary N) is 1. The Kier molecular flexibility index (Phi) is 4.06. The molecule has 1 amide bonds. The van der Waals surface area contributed by atoms with E-state index < -0.39 is 5.54 Å². The van der Waals surface area contributed by atoms with Crippen LogP contribution in [0.2, 0.25) is 0 Å². The molecule has 0 fully saturated rings. The van der Waals surface area contributed by atoms with Crippen molar-refractivity contribution in [2.75, 3.05) is 12.4 Å². The molecule has 0 saturated carbocycles. The molecule has 0 aromatic carbocycles. The Morgan fingerprint density at radius 2 is 2.18 bits per heavy atom. The van der Waals surface area contributed by atoms with Crippen molar-refractivity contribution in [3.8, 4) is 0 Å². The van der Waals surface area contributed by atoms with E-state index in [1.54, 1.807) is 7.05 Å². The number of aromatic nitrogens is 2. The first-order valence-corrected chi connectivity index (χ1v) is 5.41. The van der Waals surface area contributed by atoms with Gasteiger partial charge in [-0.05, 0) is 27.8 Å². The van der Waals surface area contributed by atoms with Gasteiger partial charge in [-0.2, -0.15) is 0 Å². The second-order valence-corrected chi connectivity index (χ2v) is 4.61. The maximum absolute atomic E-state index is 10.9. The van der Waals surface area contributed by atoms with Crippen LogP contribution < -0.4 is 16.4 Å². The molecule has 0 spiro atoms. The van der Waals surface area contributed by atoms with Gasteiger partial charge in [-0.25, -0.2) is 0 Å². The van der Waals surface area contributed by atoms with Crippen molar-refractivity contribution in [3.63, 3.8) is 0 Å². The summed E-state index contributed by atoms with van der Waals surface area (Å²) in [5.41, 5.74) is 4.64. The first-order valence-electron chi connectivity index (χ1n) is 5.41. The zero-order chi connectivity index (χ0) is 13.1. The number of carbonyl (C=O) groups is 1. The van der Waals surface area contributed by atoms with Crippen LogP contribution >= 0.6 is 0 Å². The maximum atomic E-state index is 10.9. The monoisotopic (exact) mass is 241 g/mol. The highest BCUT2D eigenvalue weighted by Gasteiger charge is 2.23. The summed E-state index contributed by atoms with van der Waals surface area (Å²) >= 11 is 0. The number of nitrogens with one attached hydrogen (secondary N) is 2. The molecule has 1 atom stereocenters. The molecule has 0 radical (unpaired) electrons. The smallest absolute Gasteiger partial charge is 0.315 e. The zero-order valence-electron chi connectivity index (χ0n) is 10.6. The Morgan fingerprint density at radius 1 is 1.53 bits per heavy atom. The van der Waals surface area contributed by atoms with Crippen LogP contribution in [0.3, 0.4) is 0 Å². The van der Waals surface area contributed by atoms with Crippen LogP contribution in [0.15, 0.2) is 4.42 Å². The number of anilines is 1. The van der Waals surface area contributed by atoms with Crippen LogP contribution in [0.4, 0.5) is 6.01 Å². The second kappa shape index (κ2) is 5.13. The zero-order valence-corrected chi connectivity index (χ0v) is 10.6. The Bertz CT molecular complexity index is 388. The van der Waals surface area contributed by atoms with Crippen LogP contribution in [0, 0.1) is 0 Å². The van der Waals surface area contributed by atoms with E-state index in [0.717, 1.165) is 0 Å². The van der Waals surface area contributed by atoms with Gasteiger partial charge < -0.3 is 20.8 Å². The molecule has 4 N–H and O–H groups in total. The average molecular weight is 241 g/mol. The third-order valence-electron chi connectivity index (χ3n) is 2.31. The summed E-state index contributed by atoms with van der Waals surface area (Å²) in [6, 6.07) is 0.269. The SMILES string of the molecule is CNC(C)c1nnc(NC(C)(C)CC(N)=O)o1. The molecular formula is C10H19N5O2. The summed E-state index contributed by atoms with van der Waals surface area (Å²) in [5, 5.41) is 13.7. The van der Waals surface area contributed by atoms with Gasteiger partial charge in [-0.3, -0.25) is 4.79 Å². The lowest BCUT2D eigenvalue weighted by atomic mass is 10.0. The molecule has 0 saturated heterocycles. The van der Waals surface area contributed by atoms with E-state index >= 15 is 0 Å². The van der Waals surface area contributed by atoms with Gasteiger partial charge in [0.2, 0.25) is 11.8 Å². The number of amides is 1. The lowest BCUT2D eigenvalue weighted by molar-refractivity contribution is -0.118. The van der Waals surface area contributed by atoms with Crippen LogP contribution in [0.25, 0.3) is 0 Å². The van der Waals surface area contributed by atoms with Crippen molar-refractivity contribution in [1.82, 2.24) is 15.5 Å². The van der Waals surface area contributed by atoms with E-state index in [-0.39, 0.29) is 24.4 Å². The third kappa shape index (κ3) is 4.03. The van der Waals surface area contributed by atoms with E-state index in [4.69, 9.17) is 10.2 Å². The van der Waals surface area contributed by atoms with Gasteiger partial charge in [0, 0.05) is 12.0 Å². The van der Waals surface area contributed by atoms with E-state index in [0.29, 0.717) is 5.89 Å². The van der Waals surface area contributed by atoms with Crippen molar-refractivity contribution >= 4 is 11.9 Å². The van der Waals surface area contributed by atoms with E-state index in [1.807, 2.05) is 20.8 Å². The van der Waals surface area contributed by atoms with Crippen molar-refractivity contribution < 1.29 is 9.21 Å². The Balaban J connectivity index is 2.68. The summed E-state index contributed by atoms with van der Waals surface area (Å²) in [6.07, 6.45) is 0.187. The molecule has 1 rings (SSSR count). The summed E-state index contributed by atoms with van der Waals surface area (Å²) in [5.74, 6) is 0.107. The number of nitrogens with zero attached hydrogens (tertiary/aromatic N) is 2. The molecule has 0 aliphatic carbocycles. The first-order chi connectivity index (χ1) is 7.84. The number of primary amides is 1. The molecule has 1 unspecified atom stereocenters. The average Bonchev–Trinajstić information content (AvgIpc) is 2.61. The van der Waals surface area contributed by atoms with E-state index in [9.17, 15) is 4.79 Å². The van der Waals surface area contributed by atoms with Gasteiger partial charge in [-0.15, -0.1) is 5.10 Å². The van der Waals surface area contributed by atoms with Gasteiger partial charge in [0.25, 0.3) is 0 Å². The largest absolute Gasteiger partial charge is 0.406 e. The minimum absolute atomic E-state index is 0.0164. The lowest BCUT2D eigenvalue weighted by Gasteiger charge is -2.22. The molecule has 1 aromatic rings. The molecule has 0 aliphatic rings. The summed E-state index contributed by atoms with van der Waals surface area (Å²) in [6.45, 7) is 5.58. The number of rotatable bonds is 6. The molecule has 1 heterocycles. The highest BCUT2D eigenvalue weighted by atomic mass is 16.4. The van der Waals surface area contributed by atoms with Crippen molar-refractivity contribution in [2.45, 2.75) is 38.8 Å². The van der Waals surface area contributed by atoms with Crippen molar-refractivity contribution in [2.24, 2.45) is 5.73 Å². The highest BCUT2D eigenvalue weighted by molar-refractivity contribution is 5.75. The number of carbonyl (C=O) groups excluding carboxylic acids is 1. The maximum Gasteiger partial charge on any atom is 0.315 e. The topological polar surface area (TPSA) is 106 Å². The second-order valence-electron chi connectivity index (χ2n) is 4.61. The summed E-state index contributed by atoms with van der Waals surface area (Å²) in [4.78, 5) is 10.9. The van der Waals surface area contributed by atoms with Gasteiger partial charge in [0.05, 0.1) is 6.04 Å². The van der Waals surface area contributed by atoms with Crippen LogP contribution in [0.1, 0.15) is 39.1 Å². The van der Waals surface area contributed by atoms with Crippen LogP contribution in [0.5, 0.6) is 0 Å². The molecule has 0 bridgehead atoms. The summed E-state index contributed by atoms with van der Waals surface area (Å²) < 4.78 is 5.41. The normalized spacial score (nSPS) is 13.4. The van der Waals surface area contributed by atoms with E-state index in [2.05, 4.69) is 20.8 Å². The minimum Gasteiger partial charge on any atom is -0.406 e. The molecule has 0 aliphatic heterocycles. The summed E-state index contributed by atoms with van der Waals surface area (Å²) in [7, 11) is 1.80. The van der Waals surface area contributed by atoms with Gasteiger partial charge in [0.15, 0.2) is 0 Å². The van der Waals surface area contributed by atoms with Crippen LogP contribution in [-0.2, 0) is 4.79 Å². The fourth-order valence-electron chi connectivity index (χ4n) is 1.35. The molecule has 1 aromatic heterocycles. The van der Waals surface area contributed by atoms with Gasteiger partial charge >= 0.3 is 6.01 Å². The Labute approximate surface area is 100 Å². The predicted molar refractivity (Wildman–Crippen MR) is 63.3 cm³/mol. The van der Waals surface area contributed by atoms with Gasteiger partial charge in [0.1, 0.15) is 0 Å². The predicted octanol–water partition coefficient (Wildman–Crippen LogP) is 0.416. The van der Waals surface area contributed by atoms with E-state index in [1.165, 1.54) is 0 Å². The van der Waals surface area contributed by atoms with Crippen LogP contribution in [-0.4, -0.2) is 28.7 Å². The fourth-order valence-corrected chi connectivity index (χ4v) is 1.35. The molecular weight excluding hydrogens is 222 g/mol. The number of hydrogen-bond acceptors (Lipinski definition) is 6. The molecule has 7 heteroatoms. The quantitative estimate of drug-likeness (QED) is 0.666. The first kappa shape index (κ1) is 13.4. The Hall–Kier alpha value is -1.63. The standard InChI is InChI=1S/C10H19N5O2/c1-6(12-4)8-14-15-9(17-8)13-10(2,3)5-7(11)16/h6,12H,5H2,1-4H3,(H2,11,16)(H,13,15). The van der Waals surface area contributed by atoms with Gasteiger partial charge in [-0.1, -0.05) is 5.10 Å². The molecule has 7 nitrogen and oxygen atoms in total. The fraction of sp³-hybridized carbons (Fsp3) is 0.700. The third-order valence-corrected chi connectivity index (χ3v) is 2.31. The minimum atomic E-state index is -0.515.